The van der Waals surface area contributed by atoms with Crippen molar-refractivity contribution in [2.75, 3.05) is 4.90 Å². The van der Waals surface area contributed by atoms with Gasteiger partial charge in [0.2, 0.25) is 0 Å². The topological polar surface area (TPSA) is 3.24 Å². The Bertz CT molecular complexity index is 3750. The van der Waals surface area contributed by atoms with Crippen molar-refractivity contribution in [3.63, 3.8) is 0 Å². The van der Waals surface area contributed by atoms with Crippen molar-refractivity contribution in [1.82, 2.24) is 0 Å². The third-order valence-electron chi connectivity index (χ3n) is 16.1. The van der Waals surface area contributed by atoms with Gasteiger partial charge in [0.1, 0.15) is 0 Å². The first-order chi connectivity index (χ1) is 33.7. The highest BCUT2D eigenvalue weighted by atomic mass is 32.1. The van der Waals surface area contributed by atoms with Crippen LogP contribution in [-0.4, -0.2) is 0 Å². The number of thiophene rings is 1. The van der Waals surface area contributed by atoms with Gasteiger partial charge in [-0.25, -0.2) is 0 Å². The molecule has 3 aliphatic carbocycles. The third-order valence-corrected chi connectivity index (χ3v) is 17.3. The van der Waals surface area contributed by atoms with Gasteiger partial charge in [0, 0.05) is 48.1 Å². The van der Waals surface area contributed by atoms with Gasteiger partial charge in [-0.3, -0.25) is 0 Å². The van der Waals surface area contributed by atoms with E-state index in [-0.39, 0.29) is 10.8 Å². The molecule has 0 aliphatic heterocycles. The van der Waals surface area contributed by atoms with Crippen molar-refractivity contribution < 1.29 is 0 Å². The van der Waals surface area contributed by atoms with Gasteiger partial charge in [0.25, 0.3) is 0 Å². The van der Waals surface area contributed by atoms with Crippen LogP contribution in [0.5, 0.6) is 0 Å². The zero-order chi connectivity index (χ0) is 46.2. The predicted molar refractivity (Wildman–Crippen MR) is 292 cm³/mol. The van der Waals surface area contributed by atoms with Crippen LogP contribution in [-0.2, 0) is 16.2 Å². The van der Waals surface area contributed by atoms with E-state index in [0.29, 0.717) is 0 Å². The Hall–Kier alpha value is -7.78. The lowest BCUT2D eigenvalue weighted by atomic mass is 9.67. The molecule has 0 bridgehead atoms. The molecule has 1 heterocycles. The van der Waals surface area contributed by atoms with Crippen molar-refractivity contribution >= 4 is 48.6 Å². The predicted octanol–water partition coefficient (Wildman–Crippen LogP) is 18.2. The minimum Gasteiger partial charge on any atom is -0.310 e. The molecule has 69 heavy (non-hydrogen) atoms. The van der Waals surface area contributed by atoms with E-state index >= 15 is 0 Å². The van der Waals surface area contributed by atoms with Crippen LogP contribution >= 0.6 is 11.3 Å². The number of benzene rings is 10. The highest BCUT2D eigenvalue weighted by molar-refractivity contribution is 7.26. The van der Waals surface area contributed by atoms with Gasteiger partial charge in [-0.1, -0.05) is 204 Å². The molecule has 328 valence electrons. The second-order valence-corrected chi connectivity index (χ2v) is 21.4. The lowest BCUT2D eigenvalue weighted by Gasteiger charge is -2.34. The summed E-state index contributed by atoms with van der Waals surface area (Å²) in [6, 6.07) is 84.9. The second kappa shape index (κ2) is 14.6. The van der Waals surface area contributed by atoms with E-state index in [1.165, 1.54) is 109 Å². The molecule has 0 saturated carbocycles. The van der Waals surface area contributed by atoms with Crippen LogP contribution in [0.3, 0.4) is 0 Å². The fourth-order valence-electron chi connectivity index (χ4n) is 13.0. The normalized spacial score (nSPS) is 15.0. The smallest absolute Gasteiger partial charge is 0.0714 e. The van der Waals surface area contributed by atoms with Crippen LogP contribution in [0.4, 0.5) is 17.1 Å². The molecule has 1 nitrogen and oxygen atoms in total. The van der Waals surface area contributed by atoms with Gasteiger partial charge in [0.15, 0.2) is 0 Å². The van der Waals surface area contributed by atoms with Crippen molar-refractivity contribution in [2.45, 2.75) is 43.9 Å². The van der Waals surface area contributed by atoms with Gasteiger partial charge < -0.3 is 4.90 Å². The molecule has 11 aromatic rings. The Morgan fingerprint density at radius 3 is 1.35 bits per heavy atom. The summed E-state index contributed by atoms with van der Waals surface area (Å²) in [5.74, 6) is 0. The summed E-state index contributed by atoms with van der Waals surface area (Å²) in [5.41, 5.74) is 23.9. The Kier molecular flexibility index (Phi) is 8.54. The van der Waals surface area contributed by atoms with Gasteiger partial charge in [-0.15, -0.1) is 11.3 Å². The number of fused-ring (bicyclic) bond motifs is 12. The molecular formula is C67H49NS. The first-order valence-electron chi connectivity index (χ1n) is 24.3. The van der Waals surface area contributed by atoms with Crippen LogP contribution in [0.25, 0.3) is 64.7 Å². The van der Waals surface area contributed by atoms with Crippen LogP contribution in [0, 0.1) is 0 Å². The molecule has 0 N–H and O–H groups in total. The van der Waals surface area contributed by atoms with Crippen molar-refractivity contribution in [3.8, 4) is 44.5 Å². The van der Waals surface area contributed by atoms with E-state index < -0.39 is 5.41 Å². The molecule has 10 aromatic carbocycles. The van der Waals surface area contributed by atoms with Crippen LogP contribution in [0.2, 0.25) is 0 Å². The van der Waals surface area contributed by atoms with Crippen LogP contribution in [0.1, 0.15) is 72.2 Å². The van der Waals surface area contributed by atoms with E-state index in [1.54, 1.807) is 0 Å². The lowest BCUT2D eigenvalue weighted by molar-refractivity contribution is 0.660. The number of hydrogen-bond donors (Lipinski definition) is 0. The molecule has 0 amide bonds. The summed E-state index contributed by atoms with van der Waals surface area (Å²) >= 11 is 1.92. The zero-order valence-electron chi connectivity index (χ0n) is 39.2. The lowest BCUT2D eigenvalue weighted by Crippen LogP contribution is -2.28. The quantitative estimate of drug-likeness (QED) is 0.161. The summed E-state index contributed by atoms with van der Waals surface area (Å²) in [4.78, 5) is 2.53. The summed E-state index contributed by atoms with van der Waals surface area (Å²) in [7, 11) is 0. The Morgan fingerprint density at radius 2 is 0.783 bits per heavy atom. The molecule has 0 saturated heterocycles. The highest BCUT2D eigenvalue weighted by Gasteiger charge is 2.48. The number of nitrogens with zero attached hydrogens (tertiary/aromatic N) is 1. The zero-order valence-corrected chi connectivity index (χ0v) is 40.0. The fraction of sp³-hybridized carbons (Fsp3) is 0.104. The summed E-state index contributed by atoms with van der Waals surface area (Å²) in [5, 5.41) is 2.58. The number of hydrogen-bond acceptors (Lipinski definition) is 2. The molecule has 0 spiro atoms. The van der Waals surface area contributed by atoms with Crippen molar-refractivity contribution in [3.05, 3.63) is 269 Å². The molecule has 1 aromatic heterocycles. The number of anilines is 3. The largest absolute Gasteiger partial charge is 0.310 e. The average Bonchev–Trinajstić information content (AvgIpc) is 4.05. The van der Waals surface area contributed by atoms with Gasteiger partial charge in [-0.2, -0.15) is 0 Å². The summed E-state index contributed by atoms with van der Waals surface area (Å²) in [6.45, 7) is 9.54. The third kappa shape index (κ3) is 5.52. The maximum Gasteiger partial charge on any atom is 0.0714 e. The molecule has 0 radical (unpaired) electrons. The maximum atomic E-state index is 2.56. The van der Waals surface area contributed by atoms with Crippen LogP contribution < -0.4 is 4.90 Å². The maximum absolute atomic E-state index is 2.56. The Morgan fingerprint density at radius 1 is 0.333 bits per heavy atom. The molecule has 0 atom stereocenters. The Labute approximate surface area is 408 Å². The van der Waals surface area contributed by atoms with Crippen LogP contribution in [0.15, 0.2) is 224 Å². The van der Waals surface area contributed by atoms with E-state index in [0.717, 1.165) is 17.1 Å². The second-order valence-electron chi connectivity index (χ2n) is 20.4. The summed E-state index contributed by atoms with van der Waals surface area (Å²) in [6.07, 6.45) is 0. The molecule has 3 aliphatic rings. The van der Waals surface area contributed by atoms with Crippen molar-refractivity contribution in [2.24, 2.45) is 0 Å². The molecule has 0 fully saturated rings. The van der Waals surface area contributed by atoms with Crippen molar-refractivity contribution in [1.29, 1.82) is 0 Å². The monoisotopic (exact) mass is 899 g/mol. The highest BCUT2D eigenvalue weighted by Crippen LogP contribution is 2.61. The van der Waals surface area contributed by atoms with E-state index in [4.69, 9.17) is 0 Å². The fourth-order valence-corrected chi connectivity index (χ4v) is 14.1. The average molecular weight is 900 g/mol. The van der Waals surface area contributed by atoms with Gasteiger partial charge in [-0.05, 0) is 138 Å². The first-order valence-corrected chi connectivity index (χ1v) is 25.2. The SMILES string of the molecule is CC1(C)c2ccccc2-c2ccc(N(c3ccc4c(c3)C(C)(C)c3ccccc3-4)c3ccc4sc5cc6c(c(-c7ccccc7)c5c4c3)-c3ccccc3C6(c3ccccc3)c3ccccc3)cc21. The standard InChI is InChI=1S/C67H49NS/c1-65(2)54-29-17-14-26-48(54)50-35-32-46(39-57(50)65)68(47-33-36-51-49-27-15-18-30-55(49)66(3,4)58(51)40-47)45-34-37-60-53(38-45)64-61(69-60)41-59-63(62(64)42-20-8-5-9-21-42)52-28-16-19-31-56(52)67(59,43-22-10-6-11-23-43)44-24-12-7-13-25-44/h5-41H,1-4H3. The Balaban J connectivity index is 1.05. The number of rotatable bonds is 6. The molecule has 2 heteroatoms. The van der Waals surface area contributed by atoms with Gasteiger partial charge in [0.05, 0.1) is 5.41 Å². The van der Waals surface area contributed by atoms with E-state index in [1.807, 2.05) is 11.3 Å². The minimum absolute atomic E-state index is 0.140. The molecule has 14 rings (SSSR count). The van der Waals surface area contributed by atoms with E-state index in [2.05, 4.69) is 257 Å². The minimum atomic E-state index is -0.508. The van der Waals surface area contributed by atoms with Gasteiger partial charge >= 0.3 is 0 Å². The first kappa shape index (κ1) is 40.3. The molecular weight excluding hydrogens is 851 g/mol. The summed E-state index contributed by atoms with van der Waals surface area (Å²) < 4.78 is 2.58. The molecule has 0 unspecified atom stereocenters. The van der Waals surface area contributed by atoms with E-state index in [9.17, 15) is 0 Å².